The van der Waals surface area contributed by atoms with E-state index >= 15 is 0 Å². The van der Waals surface area contributed by atoms with Crippen molar-refractivity contribution in [2.75, 3.05) is 0 Å². The number of hydrogen-bond acceptors (Lipinski definition) is 3. The number of para-hydroxylation sites is 1. The maximum absolute atomic E-state index is 13.7. The minimum atomic E-state index is -0.0323. The van der Waals surface area contributed by atoms with E-state index in [9.17, 15) is 9.59 Å². The molecular weight excluding hydrogens is 408 g/mol. The summed E-state index contributed by atoms with van der Waals surface area (Å²) in [5.41, 5.74) is 4.62. The first-order chi connectivity index (χ1) is 15.9. The van der Waals surface area contributed by atoms with Crippen LogP contribution in [0, 0.1) is 16.2 Å². The van der Waals surface area contributed by atoms with Crippen molar-refractivity contribution in [3.8, 4) is 0 Å². The van der Waals surface area contributed by atoms with Crippen molar-refractivity contribution in [2.45, 2.75) is 70.8 Å². The van der Waals surface area contributed by atoms with Gasteiger partial charge in [0.2, 0.25) is 0 Å². The van der Waals surface area contributed by atoms with Crippen LogP contribution in [0.1, 0.15) is 85.8 Å². The molecule has 5 fully saturated rings. The third-order valence-corrected chi connectivity index (χ3v) is 9.57. The van der Waals surface area contributed by atoms with Gasteiger partial charge >= 0.3 is 0 Å². The Kier molecular flexibility index (Phi) is 3.84. The van der Waals surface area contributed by atoms with Crippen LogP contribution in [0.2, 0.25) is 0 Å². The fraction of sp³-hybridized carbons (Fsp3) is 0.483. The predicted molar refractivity (Wildman–Crippen MR) is 127 cm³/mol. The first-order valence-corrected chi connectivity index (χ1v) is 12.5. The number of rotatable bonds is 8. The van der Waals surface area contributed by atoms with E-state index in [0.717, 1.165) is 54.3 Å². The Hall–Kier alpha value is -2.75. The number of hydrogen-bond donors (Lipinski definition) is 0. The van der Waals surface area contributed by atoms with Gasteiger partial charge in [-0.25, -0.2) is 0 Å². The molecule has 1 aromatic carbocycles. The molecule has 0 aliphatic heterocycles. The second kappa shape index (κ2) is 6.43. The average Bonchev–Trinajstić information content (AvgIpc) is 3.66. The van der Waals surface area contributed by atoms with Gasteiger partial charge in [0.05, 0.1) is 17.8 Å². The van der Waals surface area contributed by atoms with E-state index in [-0.39, 0.29) is 22.0 Å². The standard InChI is InChI=1S/C29H30N2O2/c1-19(32)27-16-29(17-27,18-27)28(10-11-28)13-25(33)24-4-2-3-21-9-12-31(26(21)24)15-23-8-7-22(14-30-23)20-5-6-20/h2-4,7-9,12,14,20H,5-6,10-11,13,15-18H2,1H3. The first kappa shape index (κ1) is 19.7. The molecule has 0 amide bonds. The van der Waals surface area contributed by atoms with Crippen molar-refractivity contribution in [1.29, 1.82) is 0 Å². The summed E-state index contributed by atoms with van der Waals surface area (Å²) < 4.78 is 2.19. The monoisotopic (exact) mass is 438 g/mol. The lowest BCUT2D eigenvalue weighted by atomic mass is 9.30. The Labute approximate surface area is 194 Å². The van der Waals surface area contributed by atoms with Crippen LogP contribution in [0.5, 0.6) is 0 Å². The van der Waals surface area contributed by atoms with E-state index in [1.54, 1.807) is 6.92 Å². The molecule has 168 valence electrons. The predicted octanol–water partition coefficient (Wildman–Crippen LogP) is 6.07. The lowest BCUT2D eigenvalue weighted by Crippen LogP contribution is -2.68. The second-order valence-corrected chi connectivity index (χ2v) is 11.6. The molecular formula is C29H30N2O2. The number of ketones is 2. The molecule has 3 aromatic rings. The van der Waals surface area contributed by atoms with Gasteiger partial charge in [-0.05, 0) is 92.4 Å². The van der Waals surface area contributed by atoms with Crippen LogP contribution in [0.25, 0.3) is 10.9 Å². The molecule has 5 aliphatic rings. The number of carbonyl (C=O) groups is 2. The number of benzene rings is 1. The van der Waals surface area contributed by atoms with E-state index in [0.29, 0.717) is 24.7 Å². The maximum atomic E-state index is 13.7. The van der Waals surface area contributed by atoms with E-state index in [1.807, 2.05) is 18.3 Å². The van der Waals surface area contributed by atoms with Gasteiger partial charge in [0.15, 0.2) is 5.78 Å². The molecule has 5 saturated carbocycles. The SMILES string of the molecule is CC(=O)C12CC(C3(CC(=O)c4cccc5ccn(Cc6ccc(C7CC7)cn6)c45)CC3)(C1)C2. The van der Waals surface area contributed by atoms with Crippen LogP contribution in [-0.4, -0.2) is 21.1 Å². The number of pyridine rings is 1. The minimum absolute atomic E-state index is 0.0323. The van der Waals surface area contributed by atoms with Crippen LogP contribution >= 0.6 is 0 Å². The third kappa shape index (κ3) is 2.79. The molecule has 8 rings (SSSR count). The molecule has 4 heteroatoms. The normalized spacial score (nSPS) is 28.8. The molecule has 5 aliphatic carbocycles. The molecule has 2 aromatic heterocycles. The smallest absolute Gasteiger partial charge is 0.165 e. The molecule has 0 radical (unpaired) electrons. The van der Waals surface area contributed by atoms with Gasteiger partial charge in [-0.1, -0.05) is 18.2 Å². The van der Waals surface area contributed by atoms with Crippen LogP contribution in [0.3, 0.4) is 0 Å². The van der Waals surface area contributed by atoms with Crippen molar-refractivity contribution in [1.82, 2.24) is 9.55 Å². The topological polar surface area (TPSA) is 52.0 Å². The Morgan fingerprint density at radius 1 is 1.06 bits per heavy atom. The van der Waals surface area contributed by atoms with E-state index in [2.05, 4.69) is 35.0 Å². The molecule has 0 saturated heterocycles. The highest BCUT2D eigenvalue weighted by Gasteiger charge is 2.79. The third-order valence-electron chi connectivity index (χ3n) is 9.57. The van der Waals surface area contributed by atoms with Crippen LogP contribution in [0.4, 0.5) is 0 Å². The summed E-state index contributed by atoms with van der Waals surface area (Å²) in [7, 11) is 0. The quantitative estimate of drug-likeness (QED) is 0.401. The summed E-state index contributed by atoms with van der Waals surface area (Å²) in [5.74, 6) is 1.33. The van der Waals surface area contributed by atoms with Crippen molar-refractivity contribution < 1.29 is 9.59 Å². The maximum Gasteiger partial charge on any atom is 0.165 e. The Morgan fingerprint density at radius 2 is 1.85 bits per heavy atom. The second-order valence-electron chi connectivity index (χ2n) is 11.6. The lowest BCUT2D eigenvalue weighted by molar-refractivity contribution is -0.233. The zero-order valence-corrected chi connectivity index (χ0v) is 19.3. The number of fused-ring (bicyclic) bond motifs is 1. The first-order valence-electron chi connectivity index (χ1n) is 12.5. The fourth-order valence-electron chi connectivity index (χ4n) is 7.15. The zero-order valence-electron chi connectivity index (χ0n) is 19.3. The van der Waals surface area contributed by atoms with Gasteiger partial charge in [-0.2, -0.15) is 0 Å². The summed E-state index contributed by atoms with van der Waals surface area (Å²) in [4.78, 5) is 30.4. The van der Waals surface area contributed by atoms with E-state index in [4.69, 9.17) is 4.98 Å². The Balaban J connectivity index is 1.14. The average molecular weight is 439 g/mol. The van der Waals surface area contributed by atoms with Crippen molar-refractivity contribution in [3.63, 3.8) is 0 Å². The number of aromatic nitrogens is 2. The van der Waals surface area contributed by atoms with E-state index in [1.165, 1.54) is 18.4 Å². The highest BCUT2D eigenvalue weighted by molar-refractivity contribution is 6.07. The molecule has 0 atom stereocenters. The van der Waals surface area contributed by atoms with Gasteiger partial charge < -0.3 is 4.57 Å². The molecule has 0 N–H and O–H groups in total. The van der Waals surface area contributed by atoms with Crippen LogP contribution in [0.15, 0.2) is 48.8 Å². The summed E-state index contributed by atoms with van der Waals surface area (Å²) in [6.07, 6.45) is 12.6. The largest absolute Gasteiger partial charge is 0.341 e. The Bertz CT molecular complexity index is 1290. The van der Waals surface area contributed by atoms with Crippen molar-refractivity contribution >= 4 is 22.5 Å². The summed E-state index contributed by atoms with van der Waals surface area (Å²) in [6.45, 7) is 2.42. The molecule has 0 unspecified atom stereocenters. The van der Waals surface area contributed by atoms with Gasteiger partial charge in [0, 0.05) is 35.2 Å². The van der Waals surface area contributed by atoms with Gasteiger partial charge in [0.1, 0.15) is 5.78 Å². The molecule has 2 heterocycles. The highest BCUT2D eigenvalue weighted by Crippen LogP contribution is 2.85. The van der Waals surface area contributed by atoms with Gasteiger partial charge in [-0.3, -0.25) is 14.6 Å². The van der Waals surface area contributed by atoms with Gasteiger partial charge in [0.25, 0.3) is 0 Å². The molecule has 4 nitrogen and oxygen atoms in total. The summed E-state index contributed by atoms with van der Waals surface area (Å²) in [5, 5.41) is 1.11. The van der Waals surface area contributed by atoms with Crippen molar-refractivity contribution in [2.24, 2.45) is 16.2 Å². The fourth-order valence-corrected chi connectivity index (χ4v) is 7.15. The van der Waals surface area contributed by atoms with E-state index < -0.39 is 0 Å². The summed E-state index contributed by atoms with van der Waals surface area (Å²) >= 11 is 0. The molecule has 33 heavy (non-hydrogen) atoms. The number of Topliss-reactive ketones (excluding diaryl/α,β-unsaturated/α-hetero) is 2. The number of nitrogens with zero attached hydrogens (tertiary/aromatic N) is 2. The van der Waals surface area contributed by atoms with Crippen molar-refractivity contribution in [3.05, 3.63) is 65.6 Å². The van der Waals surface area contributed by atoms with Crippen LogP contribution < -0.4 is 0 Å². The molecule has 0 spiro atoms. The lowest BCUT2D eigenvalue weighted by Gasteiger charge is -2.73. The Morgan fingerprint density at radius 3 is 2.48 bits per heavy atom. The number of carbonyl (C=O) groups excluding carboxylic acids is 2. The highest BCUT2D eigenvalue weighted by atomic mass is 16.1. The van der Waals surface area contributed by atoms with Gasteiger partial charge in [-0.15, -0.1) is 0 Å². The zero-order chi connectivity index (χ0) is 22.4. The minimum Gasteiger partial charge on any atom is -0.341 e. The molecule has 2 bridgehead atoms. The van der Waals surface area contributed by atoms with Crippen LogP contribution in [-0.2, 0) is 11.3 Å². The summed E-state index contributed by atoms with van der Waals surface area (Å²) in [6, 6.07) is 12.6.